The molecule has 0 atom stereocenters. The van der Waals surface area contributed by atoms with E-state index >= 15 is 0 Å². The van der Waals surface area contributed by atoms with E-state index in [4.69, 9.17) is 0 Å². The molecule has 4 nitrogen and oxygen atoms in total. The predicted molar refractivity (Wildman–Crippen MR) is 85.1 cm³/mol. The van der Waals surface area contributed by atoms with Crippen molar-refractivity contribution in [3.8, 4) is 0 Å². The molecular weight excluding hydrogens is 318 g/mol. The van der Waals surface area contributed by atoms with E-state index in [0.717, 1.165) is 23.9 Å². The summed E-state index contributed by atoms with van der Waals surface area (Å²) in [4.78, 5) is 16.7. The molecule has 0 aromatic carbocycles. The van der Waals surface area contributed by atoms with Gasteiger partial charge in [-0.2, -0.15) is 0 Å². The summed E-state index contributed by atoms with van der Waals surface area (Å²) in [5.41, 5.74) is 0.616. The Kier molecular flexibility index (Phi) is 5.83. The lowest BCUT2D eigenvalue weighted by Gasteiger charge is -2.17. The highest BCUT2D eigenvalue weighted by atomic mass is 79.9. The number of hydrogen-bond acceptors (Lipinski definition) is 3. The Balaban J connectivity index is 2.09. The normalized spacial score (nSPS) is 16.5. The summed E-state index contributed by atoms with van der Waals surface area (Å²) in [7, 11) is 0. The van der Waals surface area contributed by atoms with Crippen molar-refractivity contribution in [3.63, 3.8) is 0 Å². The highest BCUT2D eigenvalue weighted by molar-refractivity contribution is 9.10. The number of pyridine rings is 1. The third-order valence-electron chi connectivity index (χ3n) is 3.63. The van der Waals surface area contributed by atoms with E-state index in [9.17, 15) is 4.79 Å². The van der Waals surface area contributed by atoms with Gasteiger partial charge in [-0.25, -0.2) is 4.98 Å². The van der Waals surface area contributed by atoms with Gasteiger partial charge in [0.05, 0.1) is 5.56 Å². The molecule has 2 rings (SSSR count). The largest absolute Gasteiger partial charge is 0.370 e. The zero-order valence-electron chi connectivity index (χ0n) is 11.9. The molecule has 20 heavy (non-hydrogen) atoms. The number of nitrogens with one attached hydrogen (secondary N) is 2. The van der Waals surface area contributed by atoms with Crippen LogP contribution in [0.15, 0.2) is 16.7 Å². The molecular formula is C15H22BrN3O. The summed E-state index contributed by atoms with van der Waals surface area (Å²) in [5.74, 6) is 0.628. The first kappa shape index (κ1) is 15.3. The Morgan fingerprint density at radius 1 is 1.35 bits per heavy atom. The van der Waals surface area contributed by atoms with E-state index in [1.165, 1.54) is 25.7 Å². The number of carbonyl (C=O) groups excluding carboxylic acids is 1. The van der Waals surface area contributed by atoms with Gasteiger partial charge in [0.2, 0.25) is 0 Å². The van der Waals surface area contributed by atoms with Crippen LogP contribution in [0.25, 0.3) is 0 Å². The van der Waals surface area contributed by atoms with Crippen LogP contribution in [-0.4, -0.2) is 23.5 Å². The molecule has 0 unspecified atom stereocenters. The molecule has 1 fully saturated rings. The van der Waals surface area contributed by atoms with E-state index < -0.39 is 0 Å². The molecule has 0 aliphatic heterocycles. The van der Waals surface area contributed by atoms with Crippen LogP contribution in [0, 0.1) is 0 Å². The van der Waals surface area contributed by atoms with Crippen LogP contribution in [0.4, 0.5) is 5.82 Å². The number of aromatic nitrogens is 1. The lowest BCUT2D eigenvalue weighted by atomic mass is 10.1. The van der Waals surface area contributed by atoms with Crippen LogP contribution in [-0.2, 0) is 0 Å². The molecule has 0 bridgehead atoms. The summed E-state index contributed by atoms with van der Waals surface area (Å²) in [6.45, 7) is 2.75. The van der Waals surface area contributed by atoms with Gasteiger partial charge in [0.25, 0.3) is 5.91 Å². The molecule has 1 aromatic rings. The fourth-order valence-corrected chi connectivity index (χ4v) is 2.94. The molecule has 0 radical (unpaired) electrons. The number of nitrogens with zero attached hydrogens (tertiary/aromatic N) is 1. The summed E-state index contributed by atoms with van der Waals surface area (Å²) in [5, 5.41) is 6.30. The Bertz CT molecular complexity index is 456. The standard InChI is InChI=1S/C15H22BrN3O/c1-2-17-14-13(9-11(16)10-18-14)15(20)19-12-7-5-3-4-6-8-12/h9-10,12H,2-8H2,1H3,(H,17,18)(H,19,20). The molecule has 1 saturated carbocycles. The second-order valence-corrected chi connectivity index (χ2v) is 6.16. The van der Waals surface area contributed by atoms with E-state index in [1.54, 1.807) is 6.20 Å². The molecule has 5 heteroatoms. The zero-order chi connectivity index (χ0) is 14.4. The summed E-state index contributed by atoms with van der Waals surface area (Å²) < 4.78 is 0.824. The monoisotopic (exact) mass is 339 g/mol. The van der Waals surface area contributed by atoms with Gasteiger partial charge >= 0.3 is 0 Å². The van der Waals surface area contributed by atoms with E-state index in [2.05, 4.69) is 31.5 Å². The van der Waals surface area contributed by atoms with Gasteiger partial charge in [-0.1, -0.05) is 25.7 Å². The van der Waals surface area contributed by atoms with Crippen molar-refractivity contribution in [3.05, 3.63) is 22.3 Å². The number of hydrogen-bond donors (Lipinski definition) is 2. The van der Waals surface area contributed by atoms with Gasteiger partial charge < -0.3 is 10.6 Å². The van der Waals surface area contributed by atoms with Gasteiger partial charge in [-0.15, -0.1) is 0 Å². The van der Waals surface area contributed by atoms with Crippen molar-refractivity contribution >= 4 is 27.7 Å². The fourth-order valence-electron chi connectivity index (χ4n) is 2.61. The van der Waals surface area contributed by atoms with Gasteiger partial charge in [-0.05, 0) is 41.8 Å². The number of halogens is 1. The smallest absolute Gasteiger partial charge is 0.255 e. The van der Waals surface area contributed by atoms with E-state index in [1.807, 2.05) is 13.0 Å². The maximum atomic E-state index is 12.5. The van der Waals surface area contributed by atoms with Crippen LogP contribution in [0.2, 0.25) is 0 Å². The average Bonchev–Trinajstić information content (AvgIpc) is 2.69. The molecule has 1 amide bonds. The maximum Gasteiger partial charge on any atom is 0.255 e. The van der Waals surface area contributed by atoms with Crippen LogP contribution in [0.1, 0.15) is 55.8 Å². The lowest BCUT2D eigenvalue weighted by molar-refractivity contribution is 0.0934. The van der Waals surface area contributed by atoms with Crippen molar-refractivity contribution < 1.29 is 4.79 Å². The predicted octanol–water partition coefficient (Wildman–Crippen LogP) is 3.73. The van der Waals surface area contributed by atoms with Crippen molar-refractivity contribution in [2.24, 2.45) is 0 Å². The third kappa shape index (κ3) is 4.20. The summed E-state index contributed by atoms with van der Waals surface area (Å²) in [6.07, 6.45) is 8.87. The first-order valence-corrected chi connectivity index (χ1v) is 8.20. The highest BCUT2D eigenvalue weighted by Crippen LogP contribution is 2.21. The van der Waals surface area contributed by atoms with Gasteiger partial charge in [-0.3, -0.25) is 4.79 Å². The van der Waals surface area contributed by atoms with E-state index in [-0.39, 0.29) is 5.91 Å². The highest BCUT2D eigenvalue weighted by Gasteiger charge is 2.18. The topological polar surface area (TPSA) is 54.0 Å². The van der Waals surface area contributed by atoms with Crippen LogP contribution in [0.3, 0.4) is 0 Å². The molecule has 0 saturated heterocycles. The Hall–Kier alpha value is -1.10. The number of carbonyl (C=O) groups is 1. The average molecular weight is 340 g/mol. The third-order valence-corrected chi connectivity index (χ3v) is 4.07. The fraction of sp³-hybridized carbons (Fsp3) is 0.600. The Morgan fingerprint density at radius 2 is 2.05 bits per heavy atom. The van der Waals surface area contributed by atoms with Crippen molar-refractivity contribution in [1.29, 1.82) is 0 Å². The maximum absolute atomic E-state index is 12.5. The van der Waals surface area contributed by atoms with Crippen LogP contribution >= 0.6 is 15.9 Å². The molecule has 1 aromatic heterocycles. The van der Waals surface area contributed by atoms with Crippen molar-refractivity contribution in [2.75, 3.05) is 11.9 Å². The van der Waals surface area contributed by atoms with Crippen LogP contribution in [0.5, 0.6) is 0 Å². The van der Waals surface area contributed by atoms with Gasteiger partial charge in [0, 0.05) is 23.3 Å². The van der Waals surface area contributed by atoms with Crippen LogP contribution < -0.4 is 10.6 Å². The molecule has 0 spiro atoms. The lowest BCUT2D eigenvalue weighted by Crippen LogP contribution is -2.35. The quantitative estimate of drug-likeness (QED) is 0.821. The Labute approximate surface area is 128 Å². The molecule has 1 aliphatic carbocycles. The second-order valence-electron chi connectivity index (χ2n) is 5.24. The summed E-state index contributed by atoms with van der Waals surface area (Å²) >= 11 is 3.38. The molecule has 110 valence electrons. The SMILES string of the molecule is CCNc1ncc(Br)cc1C(=O)NC1CCCCCC1. The second kappa shape index (κ2) is 7.62. The molecule has 1 heterocycles. The van der Waals surface area contributed by atoms with Gasteiger partial charge in [0.1, 0.15) is 5.82 Å². The first-order chi connectivity index (χ1) is 9.70. The molecule has 2 N–H and O–H groups in total. The minimum absolute atomic E-state index is 0.0262. The van der Waals surface area contributed by atoms with Crippen molar-refractivity contribution in [1.82, 2.24) is 10.3 Å². The zero-order valence-corrected chi connectivity index (χ0v) is 13.5. The summed E-state index contributed by atoms with van der Waals surface area (Å²) in [6, 6.07) is 2.13. The molecule has 1 aliphatic rings. The Morgan fingerprint density at radius 3 is 2.70 bits per heavy atom. The minimum atomic E-state index is -0.0262. The van der Waals surface area contributed by atoms with Gasteiger partial charge in [0.15, 0.2) is 0 Å². The number of amides is 1. The number of rotatable bonds is 4. The van der Waals surface area contributed by atoms with E-state index in [0.29, 0.717) is 17.4 Å². The van der Waals surface area contributed by atoms with Crippen molar-refractivity contribution in [2.45, 2.75) is 51.5 Å². The first-order valence-electron chi connectivity index (χ1n) is 7.41. The minimum Gasteiger partial charge on any atom is -0.370 e. The number of anilines is 1.